The number of rotatable bonds is 3. The molecule has 1 amide bonds. The van der Waals surface area contributed by atoms with Crippen LogP contribution in [0.2, 0.25) is 0 Å². The number of Topliss-reactive ketones (excluding diaryl/α,β-unsaturated/α-hetero) is 2. The van der Waals surface area contributed by atoms with Crippen molar-refractivity contribution in [2.75, 3.05) is 33.1 Å². The Hall–Kier alpha value is -3.81. The van der Waals surface area contributed by atoms with Crippen LogP contribution in [0.4, 0.5) is 5.69 Å². The first kappa shape index (κ1) is 25.3. The van der Waals surface area contributed by atoms with Gasteiger partial charge in [-0.1, -0.05) is 5.92 Å². The van der Waals surface area contributed by atoms with E-state index in [1.807, 2.05) is 0 Å². The molecule has 0 bridgehead atoms. The Labute approximate surface area is 208 Å². The molecule has 3 aliphatic carbocycles. The standard InChI is InChI=1S/C26H29N3O7/c1-6-7-11-10-15(28(2)3)13-8-12-9-14-19(29(4)5)22(32)18(25(27)35)24(34)26(14,36)23(33)16(12)21(31)17(13)20(11)30/h10,12,14,19,30,32-33,36H,8-9H2,1-5H3,(H2,27,35)/t12-,14-,19-,26-/m0/s1. The topological polar surface area (TPSA) is 165 Å². The van der Waals surface area contributed by atoms with Crippen molar-refractivity contribution in [3.8, 4) is 17.6 Å². The number of hydrogen-bond acceptors (Lipinski definition) is 9. The number of hydrogen-bond donors (Lipinski definition) is 5. The normalized spacial score (nSPS) is 27.2. The minimum absolute atomic E-state index is 0.0376. The third-order valence-corrected chi connectivity index (χ3v) is 7.44. The van der Waals surface area contributed by atoms with E-state index in [0.717, 1.165) is 0 Å². The van der Waals surface area contributed by atoms with E-state index in [1.165, 1.54) is 4.90 Å². The van der Waals surface area contributed by atoms with E-state index in [1.54, 1.807) is 46.1 Å². The molecule has 10 heteroatoms. The van der Waals surface area contributed by atoms with Crippen molar-refractivity contribution in [2.45, 2.75) is 31.4 Å². The molecule has 0 saturated heterocycles. The lowest BCUT2D eigenvalue weighted by Crippen LogP contribution is -2.63. The summed E-state index contributed by atoms with van der Waals surface area (Å²) >= 11 is 0. The number of amides is 1. The Morgan fingerprint density at radius 3 is 2.33 bits per heavy atom. The Morgan fingerprint density at radius 2 is 1.81 bits per heavy atom. The van der Waals surface area contributed by atoms with Crippen LogP contribution in [0.15, 0.2) is 28.7 Å². The van der Waals surface area contributed by atoms with Crippen LogP contribution in [-0.2, 0) is 16.0 Å². The molecule has 0 spiro atoms. The number of phenols is 1. The summed E-state index contributed by atoms with van der Waals surface area (Å²) in [6.45, 7) is 1.59. The van der Waals surface area contributed by atoms with Crippen LogP contribution in [0, 0.1) is 23.7 Å². The molecule has 1 aromatic rings. The van der Waals surface area contributed by atoms with Gasteiger partial charge < -0.3 is 31.1 Å². The number of carbonyl (C=O) groups excluding carboxylic acids is 3. The molecular weight excluding hydrogens is 466 g/mol. The highest BCUT2D eigenvalue weighted by Gasteiger charge is 2.63. The molecule has 3 aliphatic rings. The predicted molar refractivity (Wildman–Crippen MR) is 131 cm³/mol. The van der Waals surface area contributed by atoms with Crippen LogP contribution in [0.25, 0.3) is 0 Å². The van der Waals surface area contributed by atoms with Gasteiger partial charge in [-0.05, 0) is 51.4 Å². The number of aromatic hydroxyl groups is 1. The maximum absolute atomic E-state index is 13.8. The second-order valence-corrected chi connectivity index (χ2v) is 9.88. The van der Waals surface area contributed by atoms with Gasteiger partial charge in [0.05, 0.1) is 17.2 Å². The van der Waals surface area contributed by atoms with Crippen LogP contribution >= 0.6 is 0 Å². The van der Waals surface area contributed by atoms with Gasteiger partial charge in [0.1, 0.15) is 22.8 Å². The summed E-state index contributed by atoms with van der Waals surface area (Å²) in [6.07, 6.45) is 0.255. The first-order valence-corrected chi connectivity index (χ1v) is 11.4. The van der Waals surface area contributed by atoms with E-state index in [2.05, 4.69) is 11.8 Å². The van der Waals surface area contributed by atoms with Crippen LogP contribution in [0.1, 0.15) is 34.8 Å². The van der Waals surface area contributed by atoms with E-state index in [9.17, 15) is 34.8 Å². The Morgan fingerprint density at radius 1 is 1.17 bits per heavy atom. The summed E-state index contributed by atoms with van der Waals surface area (Å²) in [4.78, 5) is 42.5. The lowest BCUT2D eigenvalue weighted by Gasteiger charge is -2.50. The number of likely N-dealkylation sites (N-methyl/N-ethyl adjacent to an activating group) is 1. The zero-order valence-electron chi connectivity index (χ0n) is 20.7. The van der Waals surface area contributed by atoms with Gasteiger partial charge in [0.25, 0.3) is 5.91 Å². The Kier molecular flexibility index (Phi) is 5.90. The molecule has 6 N–H and O–H groups in total. The first-order chi connectivity index (χ1) is 16.8. The zero-order valence-corrected chi connectivity index (χ0v) is 20.7. The first-order valence-electron chi connectivity index (χ1n) is 11.4. The van der Waals surface area contributed by atoms with Gasteiger partial charge in [-0.3, -0.25) is 19.3 Å². The lowest BCUT2D eigenvalue weighted by atomic mass is 9.58. The van der Waals surface area contributed by atoms with E-state index in [0.29, 0.717) is 11.3 Å². The molecule has 10 nitrogen and oxygen atoms in total. The minimum Gasteiger partial charge on any atom is -0.510 e. The predicted octanol–water partition coefficient (Wildman–Crippen LogP) is 0.558. The van der Waals surface area contributed by atoms with Crippen molar-refractivity contribution in [3.63, 3.8) is 0 Å². The highest BCUT2D eigenvalue weighted by atomic mass is 16.3. The second kappa shape index (κ2) is 8.40. The number of phenolic OH excluding ortho intramolecular Hbond substituents is 1. The number of aliphatic hydroxyl groups excluding tert-OH is 2. The highest BCUT2D eigenvalue weighted by molar-refractivity contribution is 6.25. The number of nitrogens with two attached hydrogens (primary N) is 1. The quantitative estimate of drug-likeness (QED) is 0.298. The minimum atomic E-state index is -2.66. The molecule has 1 aromatic carbocycles. The molecule has 4 atom stereocenters. The summed E-state index contributed by atoms with van der Waals surface area (Å²) < 4.78 is 0. The van der Waals surface area contributed by atoms with Gasteiger partial charge in [0.2, 0.25) is 5.78 Å². The molecule has 0 fully saturated rings. The third-order valence-electron chi connectivity index (χ3n) is 7.44. The summed E-state index contributed by atoms with van der Waals surface area (Å²) in [5, 5.41) is 44.8. The van der Waals surface area contributed by atoms with Crippen molar-refractivity contribution in [2.24, 2.45) is 17.6 Å². The summed E-state index contributed by atoms with van der Waals surface area (Å²) in [6, 6.07) is 0.658. The highest BCUT2D eigenvalue weighted by Crippen LogP contribution is 2.53. The number of primary amides is 1. The Bertz CT molecular complexity index is 1350. The number of anilines is 1. The Balaban J connectivity index is 2.01. The van der Waals surface area contributed by atoms with Crippen molar-refractivity contribution in [1.29, 1.82) is 0 Å². The molecule has 36 heavy (non-hydrogen) atoms. The summed E-state index contributed by atoms with van der Waals surface area (Å²) in [5.41, 5.74) is 3.04. The summed E-state index contributed by atoms with van der Waals surface area (Å²) in [5.74, 6) is -1.31. The maximum Gasteiger partial charge on any atom is 0.255 e. The van der Waals surface area contributed by atoms with Crippen molar-refractivity contribution >= 4 is 23.2 Å². The number of nitrogens with zero attached hydrogens (tertiary/aromatic N) is 2. The van der Waals surface area contributed by atoms with Crippen LogP contribution in [0.5, 0.6) is 5.75 Å². The van der Waals surface area contributed by atoms with E-state index in [4.69, 9.17) is 5.73 Å². The van der Waals surface area contributed by atoms with E-state index >= 15 is 0 Å². The number of fused-ring (bicyclic) bond motifs is 3. The van der Waals surface area contributed by atoms with Gasteiger partial charge in [0, 0.05) is 31.3 Å². The SMILES string of the molecule is CC#Cc1cc(N(C)C)c2c(c1O)C(=O)C1=C(O)[C@]3(O)C(=O)C(C(N)=O)=C(O)[C@@H](N(C)C)[C@@H]3C[C@@H]1C2. The smallest absolute Gasteiger partial charge is 0.255 e. The lowest BCUT2D eigenvalue weighted by molar-refractivity contribution is -0.148. The van der Waals surface area contributed by atoms with Crippen LogP contribution in [0.3, 0.4) is 0 Å². The van der Waals surface area contributed by atoms with Crippen LogP contribution < -0.4 is 10.6 Å². The molecule has 0 saturated carbocycles. The van der Waals surface area contributed by atoms with Crippen molar-refractivity contribution in [3.05, 3.63) is 45.4 Å². The fourth-order valence-corrected chi connectivity index (χ4v) is 5.93. The molecule has 0 unspecified atom stereocenters. The second-order valence-electron chi connectivity index (χ2n) is 9.88. The van der Waals surface area contributed by atoms with Gasteiger partial charge in [-0.25, -0.2) is 0 Å². The fraction of sp³-hybridized carbons (Fsp3) is 0.423. The average Bonchev–Trinajstić information content (AvgIpc) is 2.77. The largest absolute Gasteiger partial charge is 0.510 e. The number of aliphatic hydroxyl groups is 3. The molecule has 190 valence electrons. The molecule has 0 heterocycles. The van der Waals surface area contributed by atoms with E-state index in [-0.39, 0.29) is 35.3 Å². The number of ketones is 2. The average molecular weight is 496 g/mol. The number of allylic oxidation sites excluding steroid dienone is 1. The van der Waals surface area contributed by atoms with E-state index < -0.39 is 58.0 Å². The van der Waals surface area contributed by atoms with Crippen molar-refractivity contribution in [1.82, 2.24) is 4.90 Å². The fourth-order valence-electron chi connectivity index (χ4n) is 5.93. The van der Waals surface area contributed by atoms with Gasteiger partial charge in [-0.15, -0.1) is 5.92 Å². The summed E-state index contributed by atoms with van der Waals surface area (Å²) in [7, 11) is 6.76. The maximum atomic E-state index is 13.8. The number of benzene rings is 1. The zero-order chi connectivity index (χ0) is 26.9. The molecule has 4 rings (SSSR count). The molecular formula is C26H29N3O7. The molecule has 0 aromatic heterocycles. The van der Waals surface area contributed by atoms with Gasteiger partial charge >= 0.3 is 0 Å². The third kappa shape index (κ3) is 3.23. The molecule has 0 aliphatic heterocycles. The number of carbonyl (C=O) groups is 3. The van der Waals surface area contributed by atoms with Crippen LogP contribution in [-0.4, -0.2) is 82.6 Å². The van der Waals surface area contributed by atoms with Gasteiger partial charge in [0.15, 0.2) is 11.4 Å². The molecule has 0 radical (unpaired) electrons. The monoisotopic (exact) mass is 495 g/mol. The van der Waals surface area contributed by atoms with Gasteiger partial charge in [-0.2, -0.15) is 0 Å². The van der Waals surface area contributed by atoms with Crippen molar-refractivity contribution < 1.29 is 34.8 Å².